The van der Waals surface area contributed by atoms with Gasteiger partial charge >= 0.3 is 0 Å². The average Bonchev–Trinajstić information content (AvgIpc) is 2.55. The number of hydrogen-bond donors (Lipinski definition) is 1. The van der Waals surface area contributed by atoms with Gasteiger partial charge in [0.1, 0.15) is 5.75 Å². The zero-order valence-corrected chi connectivity index (χ0v) is 14.2. The molecule has 1 heterocycles. The Kier molecular flexibility index (Phi) is 4.74. The van der Waals surface area contributed by atoms with Crippen LogP contribution in [0.4, 0.5) is 5.69 Å². The predicted octanol–water partition coefficient (Wildman–Crippen LogP) is 4.53. The van der Waals surface area contributed by atoms with Crippen LogP contribution in [-0.4, -0.2) is 18.0 Å². The number of amides is 1. The number of nitrogens with one attached hydrogen (secondary N) is 1. The summed E-state index contributed by atoms with van der Waals surface area (Å²) in [5, 5.41) is 3.40. The average molecular weight is 351 g/mol. The minimum Gasteiger partial charge on any atom is -0.496 e. The smallest absolute Gasteiger partial charge is 0.258 e. The van der Waals surface area contributed by atoms with E-state index in [0.717, 1.165) is 42.7 Å². The molecule has 0 saturated heterocycles. The Morgan fingerprint density at radius 3 is 2.43 bits per heavy atom. The van der Waals surface area contributed by atoms with Gasteiger partial charge in [0.15, 0.2) is 0 Å². The number of rotatable bonds is 3. The molecule has 0 fully saturated rings. The van der Waals surface area contributed by atoms with Crippen LogP contribution in [-0.2, 0) is 12.8 Å². The molecule has 2 aromatic rings. The molecule has 1 aromatic heterocycles. The molecule has 23 heavy (non-hydrogen) atoms. The molecular formula is C17H16Cl2N2O2. The second kappa shape index (κ2) is 6.77. The molecule has 1 aromatic carbocycles. The Morgan fingerprint density at radius 2 is 1.78 bits per heavy atom. The highest BCUT2D eigenvalue weighted by Crippen LogP contribution is 2.35. The highest BCUT2D eigenvalue weighted by molar-refractivity contribution is 6.40. The Balaban J connectivity index is 1.96. The number of halogens is 2. The van der Waals surface area contributed by atoms with Gasteiger partial charge in [0.05, 0.1) is 22.7 Å². The van der Waals surface area contributed by atoms with Crippen LogP contribution in [0.1, 0.15) is 34.3 Å². The van der Waals surface area contributed by atoms with Gasteiger partial charge in [-0.15, -0.1) is 0 Å². The van der Waals surface area contributed by atoms with Crippen LogP contribution in [0.5, 0.6) is 5.75 Å². The quantitative estimate of drug-likeness (QED) is 0.884. The molecule has 1 aliphatic carbocycles. The van der Waals surface area contributed by atoms with Gasteiger partial charge in [0, 0.05) is 18.1 Å². The van der Waals surface area contributed by atoms with Crippen molar-refractivity contribution in [1.82, 2.24) is 4.98 Å². The third kappa shape index (κ3) is 3.14. The second-order valence-corrected chi connectivity index (χ2v) is 6.23. The van der Waals surface area contributed by atoms with Gasteiger partial charge in [0.25, 0.3) is 5.91 Å². The van der Waals surface area contributed by atoms with Gasteiger partial charge in [-0.3, -0.25) is 9.78 Å². The summed E-state index contributed by atoms with van der Waals surface area (Å²) >= 11 is 12.1. The fraction of sp³-hybridized carbons (Fsp3) is 0.294. The lowest BCUT2D eigenvalue weighted by Crippen LogP contribution is -2.17. The maximum absolute atomic E-state index is 12.6. The molecule has 0 aliphatic heterocycles. The van der Waals surface area contributed by atoms with Crippen LogP contribution in [0.3, 0.4) is 0 Å². The lowest BCUT2D eigenvalue weighted by molar-refractivity contribution is 0.102. The SMILES string of the molecule is COc1ccc(NC(=O)c2c(Cl)cncc2Cl)c2c1CCCC2. The largest absolute Gasteiger partial charge is 0.496 e. The van der Waals surface area contributed by atoms with E-state index in [-0.39, 0.29) is 21.5 Å². The zero-order valence-electron chi connectivity index (χ0n) is 12.7. The first-order valence-corrected chi connectivity index (χ1v) is 8.16. The predicted molar refractivity (Wildman–Crippen MR) is 91.8 cm³/mol. The fourth-order valence-electron chi connectivity index (χ4n) is 2.96. The Bertz CT molecular complexity index is 742. The number of aromatic nitrogens is 1. The van der Waals surface area contributed by atoms with E-state index in [1.807, 2.05) is 12.1 Å². The molecule has 0 radical (unpaired) electrons. The molecule has 0 saturated carbocycles. The van der Waals surface area contributed by atoms with Crippen molar-refractivity contribution in [3.05, 3.63) is 51.3 Å². The highest BCUT2D eigenvalue weighted by atomic mass is 35.5. The van der Waals surface area contributed by atoms with E-state index in [4.69, 9.17) is 27.9 Å². The lowest BCUT2D eigenvalue weighted by atomic mass is 9.89. The van der Waals surface area contributed by atoms with E-state index < -0.39 is 0 Å². The van der Waals surface area contributed by atoms with Crippen LogP contribution in [0, 0.1) is 0 Å². The first-order chi connectivity index (χ1) is 11.1. The maximum atomic E-state index is 12.6. The Hall–Kier alpha value is -1.78. The van der Waals surface area contributed by atoms with E-state index in [2.05, 4.69) is 10.3 Å². The minimum absolute atomic E-state index is 0.234. The van der Waals surface area contributed by atoms with Crippen LogP contribution >= 0.6 is 23.2 Å². The number of carbonyl (C=O) groups excluding carboxylic acids is 1. The van der Waals surface area contributed by atoms with E-state index in [0.29, 0.717) is 0 Å². The van der Waals surface area contributed by atoms with E-state index in [1.165, 1.54) is 18.0 Å². The normalized spacial score (nSPS) is 13.3. The van der Waals surface area contributed by atoms with Crippen molar-refractivity contribution >= 4 is 34.8 Å². The van der Waals surface area contributed by atoms with E-state index in [9.17, 15) is 4.79 Å². The number of carbonyl (C=O) groups is 1. The first-order valence-electron chi connectivity index (χ1n) is 7.41. The van der Waals surface area contributed by atoms with Crippen molar-refractivity contribution in [3.63, 3.8) is 0 Å². The minimum atomic E-state index is -0.333. The number of benzene rings is 1. The number of fused-ring (bicyclic) bond motifs is 1. The van der Waals surface area contributed by atoms with Gasteiger partial charge in [-0.1, -0.05) is 23.2 Å². The van der Waals surface area contributed by atoms with Crippen molar-refractivity contribution in [2.45, 2.75) is 25.7 Å². The van der Waals surface area contributed by atoms with Crippen LogP contribution in [0.15, 0.2) is 24.5 Å². The molecule has 3 rings (SSSR count). The summed E-state index contributed by atoms with van der Waals surface area (Å²) in [6, 6.07) is 3.75. The molecular weight excluding hydrogens is 335 g/mol. The topological polar surface area (TPSA) is 51.2 Å². The zero-order chi connectivity index (χ0) is 16.4. The molecule has 120 valence electrons. The summed E-state index contributed by atoms with van der Waals surface area (Å²) < 4.78 is 5.43. The van der Waals surface area contributed by atoms with Gasteiger partial charge in [-0.25, -0.2) is 0 Å². The molecule has 0 bridgehead atoms. The third-order valence-corrected chi connectivity index (χ3v) is 4.61. The van der Waals surface area contributed by atoms with Crippen LogP contribution in [0.2, 0.25) is 10.0 Å². The van der Waals surface area contributed by atoms with Gasteiger partial charge in [-0.2, -0.15) is 0 Å². The summed E-state index contributed by atoms with van der Waals surface area (Å²) in [5.41, 5.74) is 3.33. The fourth-order valence-corrected chi connectivity index (χ4v) is 3.49. The number of anilines is 1. The molecule has 0 unspecified atom stereocenters. The highest BCUT2D eigenvalue weighted by Gasteiger charge is 2.21. The number of nitrogens with zero attached hydrogens (tertiary/aromatic N) is 1. The summed E-state index contributed by atoms with van der Waals surface area (Å²) in [7, 11) is 1.67. The Morgan fingerprint density at radius 1 is 1.13 bits per heavy atom. The van der Waals surface area contributed by atoms with Crippen molar-refractivity contribution in [1.29, 1.82) is 0 Å². The monoisotopic (exact) mass is 350 g/mol. The number of ether oxygens (including phenoxy) is 1. The molecule has 1 amide bonds. The van der Waals surface area contributed by atoms with Gasteiger partial charge < -0.3 is 10.1 Å². The maximum Gasteiger partial charge on any atom is 0.258 e. The summed E-state index contributed by atoms with van der Waals surface area (Å²) in [5.74, 6) is 0.540. The number of pyridine rings is 1. The van der Waals surface area contributed by atoms with Crippen molar-refractivity contribution < 1.29 is 9.53 Å². The van der Waals surface area contributed by atoms with Crippen molar-refractivity contribution in [2.75, 3.05) is 12.4 Å². The standard InChI is InChI=1S/C17H16Cl2N2O2/c1-23-15-7-6-14(10-4-2-3-5-11(10)15)21-17(22)16-12(18)8-20-9-13(16)19/h6-9H,2-5H2,1H3,(H,21,22). The lowest BCUT2D eigenvalue weighted by Gasteiger charge is -2.22. The molecule has 1 aliphatic rings. The van der Waals surface area contributed by atoms with E-state index in [1.54, 1.807) is 7.11 Å². The first kappa shape index (κ1) is 16.1. The van der Waals surface area contributed by atoms with Crippen molar-refractivity contribution in [3.8, 4) is 5.75 Å². The second-order valence-electron chi connectivity index (χ2n) is 5.41. The molecule has 1 N–H and O–H groups in total. The Labute approximate surface area is 144 Å². The number of hydrogen-bond acceptors (Lipinski definition) is 3. The molecule has 0 spiro atoms. The van der Waals surface area contributed by atoms with Gasteiger partial charge in [-0.05, 0) is 48.9 Å². The molecule has 6 heteroatoms. The van der Waals surface area contributed by atoms with E-state index >= 15 is 0 Å². The molecule has 4 nitrogen and oxygen atoms in total. The number of methoxy groups -OCH3 is 1. The van der Waals surface area contributed by atoms with Crippen LogP contribution < -0.4 is 10.1 Å². The third-order valence-electron chi connectivity index (χ3n) is 4.04. The summed E-state index contributed by atoms with van der Waals surface area (Å²) in [6.07, 6.45) is 6.92. The molecule has 0 atom stereocenters. The summed E-state index contributed by atoms with van der Waals surface area (Å²) in [6.45, 7) is 0. The van der Waals surface area contributed by atoms with Gasteiger partial charge in [0.2, 0.25) is 0 Å². The summed E-state index contributed by atoms with van der Waals surface area (Å²) in [4.78, 5) is 16.4. The van der Waals surface area contributed by atoms with Crippen molar-refractivity contribution in [2.24, 2.45) is 0 Å². The van der Waals surface area contributed by atoms with Crippen LogP contribution in [0.25, 0.3) is 0 Å².